The quantitative estimate of drug-likeness (QED) is 0.446. The second-order valence-corrected chi connectivity index (χ2v) is 7.82. The van der Waals surface area contributed by atoms with Crippen LogP contribution >= 0.6 is 0 Å². The summed E-state index contributed by atoms with van der Waals surface area (Å²) in [4.78, 5) is 4.79. The van der Waals surface area contributed by atoms with Crippen LogP contribution in [0.15, 0.2) is 54.6 Å². The van der Waals surface area contributed by atoms with Gasteiger partial charge in [0.2, 0.25) is 0 Å². The molecule has 0 atom stereocenters. The van der Waals surface area contributed by atoms with Gasteiger partial charge in [-0.15, -0.1) is 0 Å². The van der Waals surface area contributed by atoms with Crippen LogP contribution in [0.4, 0.5) is 19.0 Å². The number of methoxy groups -OCH3 is 1. The highest BCUT2D eigenvalue weighted by molar-refractivity contribution is 5.68. The summed E-state index contributed by atoms with van der Waals surface area (Å²) in [6, 6.07) is 14.9. The average Bonchev–Trinajstić information content (AvgIpc) is 3.43. The summed E-state index contributed by atoms with van der Waals surface area (Å²) >= 11 is 0. The molecular formula is C24H21F3N4O. The van der Waals surface area contributed by atoms with Crippen LogP contribution in [-0.2, 0) is 25.6 Å². The molecule has 0 aliphatic heterocycles. The first-order chi connectivity index (χ1) is 15.4. The summed E-state index contributed by atoms with van der Waals surface area (Å²) < 4.78 is 46.3. The third-order valence-electron chi connectivity index (χ3n) is 5.71. The number of aromatic nitrogens is 3. The lowest BCUT2D eigenvalue weighted by Gasteiger charge is -2.14. The summed E-state index contributed by atoms with van der Waals surface area (Å²) in [5.41, 5.74) is 4.35. The highest BCUT2D eigenvalue weighted by Crippen LogP contribution is 2.32. The Morgan fingerprint density at radius 2 is 1.91 bits per heavy atom. The predicted octanol–water partition coefficient (Wildman–Crippen LogP) is 5.52. The largest absolute Gasteiger partial charge is 0.497 e. The molecule has 0 saturated heterocycles. The van der Waals surface area contributed by atoms with Crippen LogP contribution in [0.2, 0.25) is 0 Å². The van der Waals surface area contributed by atoms with Crippen molar-refractivity contribution in [2.45, 2.75) is 32.0 Å². The second-order valence-electron chi connectivity index (χ2n) is 7.82. The van der Waals surface area contributed by atoms with Gasteiger partial charge < -0.3 is 10.1 Å². The monoisotopic (exact) mass is 438 g/mol. The van der Waals surface area contributed by atoms with E-state index in [4.69, 9.17) is 14.8 Å². The molecule has 4 aromatic rings. The Morgan fingerprint density at radius 3 is 2.72 bits per heavy atom. The van der Waals surface area contributed by atoms with Gasteiger partial charge in [0.15, 0.2) is 5.65 Å². The van der Waals surface area contributed by atoms with E-state index < -0.39 is 11.7 Å². The van der Waals surface area contributed by atoms with Crippen molar-refractivity contribution in [3.8, 4) is 17.0 Å². The van der Waals surface area contributed by atoms with Crippen LogP contribution in [0.3, 0.4) is 0 Å². The summed E-state index contributed by atoms with van der Waals surface area (Å²) in [6.07, 6.45) is -1.63. The molecule has 0 amide bonds. The SMILES string of the molecule is COc1cccc(-c2cc3nc4c(c(NCc5cccc(C(F)(F)F)c5)n3n2)CCC4)c1. The number of aryl methyl sites for hydroxylation is 1. The summed E-state index contributed by atoms with van der Waals surface area (Å²) in [5.74, 6) is 1.52. The summed E-state index contributed by atoms with van der Waals surface area (Å²) in [5, 5.41) is 8.10. The zero-order valence-electron chi connectivity index (χ0n) is 17.4. The predicted molar refractivity (Wildman–Crippen MR) is 116 cm³/mol. The van der Waals surface area contributed by atoms with Crippen molar-refractivity contribution >= 4 is 11.5 Å². The first-order valence-corrected chi connectivity index (χ1v) is 10.4. The highest BCUT2D eigenvalue weighted by Gasteiger charge is 2.30. The molecule has 2 heterocycles. The minimum absolute atomic E-state index is 0.254. The molecule has 0 radical (unpaired) electrons. The number of rotatable bonds is 5. The smallest absolute Gasteiger partial charge is 0.416 e. The van der Waals surface area contributed by atoms with E-state index in [1.54, 1.807) is 17.7 Å². The number of nitrogens with one attached hydrogen (secondary N) is 1. The van der Waals surface area contributed by atoms with Gasteiger partial charge in [0, 0.05) is 29.4 Å². The Kier molecular flexibility index (Phi) is 5.00. The van der Waals surface area contributed by atoms with Crippen LogP contribution in [-0.4, -0.2) is 21.7 Å². The zero-order valence-corrected chi connectivity index (χ0v) is 17.4. The fourth-order valence-electron chi connectivity index (χ4n) is 4.14. The molecule has 2 aromatic heterocycles. The third-order valence-corrected chi connectivity index (χ3v) is 5.71. The van der Waals surface area contributed by atoms with E-state index in [2.05, 4.69) is 5.32 Å². The average molecular weight is 438 g/mol. The lowest BCUT2D eigenvalue weighted by molar-refractivity contribution is -0.137. The Balaban J connectivity index is 1.53. The number of ether oxygens (including phenoxy) is 1. The first-order valence-electron chi connectivity index (χ1n) is 10.4. The maximum atomic E-state index is 13.1. The number of hydrogen-bond donors (Lipinski definition) is 1. The van der Waals surface area contributed by atoms with Crippen LogP contribution in [0.5, 0.6) is 5.75 Å². The number of halogens is 3. The Bertz CT molecular complexity index is 1300. The number of anilines is 1. The molecule has 1 N–H and O–H groups in total. The van der Waals surface area contributed by atoms with E-state index in [1.165, 1.54) is 12.1 Å². The minimum Gasteiger partial charge on any atom is -0.497 e. The van der Waals surface area contributed by atoms with Gasteiger partial charge in [0.05, 0.1) is 18.4 Å². The Morgan fingerprint density at radius 1 is 1.06 bits per heavy atom. The maximum Gasteiger partial charge on any atom is 0.416 e. The number of benzene rings is 2. The normalized spacial score (nSPS) is 13.4. The number of hydrogen-bond acceptors (Lipinski definition) is 4. The second kappa shape index (κ2) is 7.85. The highest BCUT2D eigenvalue weighted by atomic mass is 19.4. The molecule has 0 saturated carbocycles. The molecule has 8 heteroatoms. The molecule has 1 aliphatic carbocycles. The van der Waals surface area contributed by atoms with Crippen molar-refractivity contribution in [3.05, 3.63) is 77.0 Å². The lowest BCUT2D eigenvalue weighted by atomic mass is 10.1. The number of nitrogens with zero attached hydrogens (tertiary/aromatic N) is 3. The van der Waals surface area contributed by atoms with Crippen LogP contribution < -0.4 is 10.1 Å². The maximum absolute atomic E-state index is 13.1. The van der Waals surface area contributed by atoms with Gasteiger partial charge in [-0.1, -0.05) is 24.3 Å². The van der Waals surface area contributed by atoms with Gasteiger partial charge in [0.25, 0.3) is 0 Å². The van der Waals surface area contributed by atoms with Gasteiger partial charge in [-0.3, -0.25) is 0 Å². The van der Waals surface area contributed by atoms with E-state index in [-0.39, 0.29) is 6.54 Å². The van der Waals surface area contributed by atoms with Crippen LogP contribution in [0, 0.1) is 0 Å². The van der Waals surface area contributed by atoms with Gasteiger partial charge in [0.1, 0.15) is 11.6 Å². The molecule has 5 nitrogen and oxygen atoms in total. The van der Waals surface area contributed by atoms with E-state index >= 15 is 0 Å². The number of fused-ring (bicyclic) bond motifs is 2. The fourth-order valence-corrected chi connectivity index (χ4v) is 4.14. The third kappa shape index (κ3) is 3.77. The lowest BCUT2D eigenvalue weighted by Crippen LogP contribution is -2.11. The van der Waals surface area contributed by atoms with Crippen molar-refractivity contribution in [1.29, 1.82) is 0 Å². The van der Waals surface area contributed by atoms with Gasteiger partial charge in [-0.2, -0.15) is 22.8 Å². The molecule has 5 rings (SSSR count). The Labute approximate surface area is 182 Å². The van der Waals surface area contributed by atoms with E-state index in [1.807, 2.05) is 30.3 Å². The molecule has 0 fully saturated rings. The molecule has 0 spiro atoms. The van der Waals surface area contributed by atoms with E-state index in [9.17, 15) is 13.2 Å². The van der Waals surface area contributed by atoms with Crippen molar-refractivity contribution in [2.75, 3.05) is 12.4 Å². The van der Waals surface area contributed by atoms with Crippen molar-refractivity contribution < 1.29 is 17.9 Å². The van der Waals surface area contributed by atoms with Gasteiger partial charge >= 0.3 is 6.18 Å². The van der Waals surface area contributed by atoms with E-state index in [0.717, 1.165) is 59.4 Å². The topological polar surface area (TPSA) is 51.5 Å². The summed E-state index contributed by atoms with van der Waals surface area (Å²) in [6.45, 7) is 0.254. The Hall–Kier alpha value is -3.55. The first kappa shape index (κ1) is 20.4. The minimum atomic E-state index is -4.37. The molecular weight excluding hydrogens is 417 g/mol. The molecule has 164 valence electrons. The molecule has 0 bridgehead atoms. The zero-order chi connectivity index (χ0) is 22.3. The molecule has 1 aliphatic rings. The summed E-state index contributed by atoms with van der Waals surface area (Å²) in [7, 11) is 1.62. The standard InChI is InChI=1S/C24H21F3N4O/c1-32-18-8-3-6-16(12-18)21-13-22-29-20-10-4-9-19(20)23(31(22)30-21)28-14-15-5-2-7-17(11-15)24(25,26)27/h2-3,5-8,11-13,28H,4,9-10,14H2,1H3. The van der Waals surface area contributed by atoms with Gasteiger partial charge in [-0.05, 0) is 49.1 Å². The molecule has 32 heavy (non-hydrogen) atoms. The fraction of sp³-hybridized carbons (Fsp3) is 0.250. The van der Waals surface area contributed by atoms with Crippen LogP contribution in [0.25, 0.3) is 16.9 Å². The number of alkyl halides is 3. The van der Waals surface area contributed by atoms with Crippen molar-refractivity contribution in [2.24, 2.45) is 0 Å². The van der Waals surface area contributed by atoms with Crippen molar-refractivity contribution in [1.82, 2.24) is 14.6 Å². The van der Waals surface area contributed by atoms with Gasteiger partial charge in [-0.25, -0.2) is 4.98 Å². The molecule has 0 unspecified atom stereocenters. The van der Waals surface area contributed by atoms with E-state index in [0.29, 0.717) is 11.2 Å². The molecule has 2 aromatic carbocycles. The van der Waals surface area contributed by atoms with Crippen LogP contribution in [0.1, 0.15) is 28.8 Å². The van der Waals surface area contributed by atoms with Crippen molar-refractivity contribution in [3.63, 3.8) is 0 Å².